The average Bonchev–Trinajstić information content (AvgIpc) is 2.47. The van der Waals surface area contributed by atoms with Gasteiger partial charge in [-0.25, -0.2) is 0 Å². The number of nitrogens with two attached hydrogens (primary N) is 1. The number of amidine groups is 1. The molecule has 0 aromatic heterocycles. The normalized spacial score (nSPS) is 12.8. The maximum Gasteiger partial charge on any atom is 0.144 e. The zero-order valence-corrected chi connectivity index (χ0v) is 14.5. The number of hydrogen-bond donors (Lipinski definition) is 3. The summed E-state index contributed by atoms with van der Waals surface area (Å²) in [6.45, 7) is 8.41. The third-order valence-corrected chi connectivity index (χ3v) is 4.16. The van der Waals surface area contributed by atoms with Gasteiger partial charge in [-0.2, -0.15) is 0 Å². The van der Waals surface area contributed by atoms with Crippen molar-refractivity contribution in [2.75, 3.05) is 13.1 Å². The largest absolute Gasteiger partial charge is 0.409 e. The molecular formula is C17H37N3O. The van der Waals surface area contributed by atoms with E-state index in [-0.39, 0.29) is 5.41 Å². The Bertz CT molecular complexity index is 265. The fourth-order valence-corrected chi connectivity index (χ4v) is 2.43. The Hall–Kier alpha value is -0.770. The first-order chi connectivity index (χ1) is 10.0. The molecule has 126 valence electrons. The first kappa shape index (κ1) is 20.2. The van der Waals surface area contributed by atoms with Crippen LogP contribution in [0.5, 0.6) is 0 Å². The summed E-state index contributed by atoms with van der Waals surface area (Å²) >= 11 is 0. The molecule has 0 unspecified atom stereocenters. The molecule has 0 spiro atoms. The van der Waals surface area contributed by atoms with E-state index >= 15 is 0 Å². The van der Waals surface area contributed by atoms with Crippen LogP contribution in [0.4, 0.5) is 0 Å². The van der Waals surface area contributed by atoms with Crippen molar-refractivity contribution in [2.24, 2.45) is 16.3 Å². The molecule has 0 radical (unpaired) electrons. The van der Waals surface area contributed by atoms with Crippen molar-refractivity contribution < 1.29 is 5.21 Å². The second-order valence-electron chi connectivity index (χ2n) is 6.70. The van der Waals surface area contributed by atoms with Crippen LogP contribution in [-0.2, 0) is 0 Å². The van der Waals surface area contributed by atoms with Crippen LogP contribution in [0, 0.1) is 5.41 Å². The fourth-order valence-electron chi connectivity index (χ4n) is 2.43. The second-order valence-corrected chi connectivity index (χ2v) is 6.70. The molecule has 0 saturated heterocycles. The Balaban J connectivity index is 3.30. The number of oxime groups is 1. The first-order valence-corrected chi connectivity index (χ1v) is 8.73. The molecular weight excluding hydrogens is 262 g/mol. The average molecular weight is 300 g/mol. The van der Waals surface area contributed by atoms with Gasteiger partial charge in [0.05, 0.1) is 0 Å². The SMILES string of the molecule is CCCCCCCCCCNCCCC(C)(C)C(N)=NO. The highest BCUT2D eigenvalue weighted by molar-refractivity contribution is 5.85. The number of hydrogen-bond acceptors (Lipinski definition) is 3. The molecule has 0 aliphatic heterocycles. The van der Waals surface area contributed by atoms with E-state index in [1.54, 1.807) is 0 Å². The summed E-state index contributed by atoms with van der Waals surface area (Å²) in [5.41, 5.74) is 5.46. The van der Waals surface area contributed by atoms with Crippen LogP contribution in [0.2, 0.25) is 0 Å². The van der Waals surface area contributed by atoms with Gasteiger partial charge in [0.15, 0.2) is 0 Å². The molecule has 0 saturated carbocycles. The van der Waals surface area contributed by atoms with Crippen LogP contribution in [0.1, 0.15) is 85.0 Å². The molecule has 0 atom stereocenters. The zero-order valence-electron chi connectivity index (χ0n) is 14.5. The second kappa shape index (κ2) is 12.9. The Labute approximate surface area is 131 Å². The van der Waals surface area contributed by atoms with Gasteiger partial charge in [-0.3, -0.25) is 0 Å². The van der Waals surface area contributed by atoms with Crippen LogP contribution in [-0.4, -0.2) is 24.1 Å². The topological polar surface area (TPSA) is 70.6 Å². The Morgan fingerprint density at radius 2 is 1.48 bits per heavy atom. The summed E-state index contributed by atoms with van der Waals surface area (Å²) < 4.78 is 0. The summed E-state index contributed by atoms with van der Waals surface area (Å²) in [5.74, 6) is 0.325. The Morgan fingerprint density at radius 3 is 2.05 bits per heavy atom. The smallest absolute Gasteiger partial charge is 0.144 e. The lowest BCUT2D eigenvalue weighted by Gasteiger charge is -2.22. The van der Waals surface area contributed by atoms with Gasteiger partial charge in [0.25, 0.3) is 0 Å². The standard InChI is InChI=1S/C17H37N3O/c1-4-5-6-7-8-9-10-11-14-19-15-12-13-17(2,3)16(18)20-21/h19,21H,4-15H2,1-3H3,(H2,18,20). The third kappa shape index (κ3) is 11.6. The van der Waals surface area contributed by atoms with Gasteiger partial charge in [0, 0.05) is 5.41 Å². The van der Waals surface area contributed by atoms with Crippen LogP contribution < -0.4 is 11.1 Å². The van der Waals surface area contributed by atoms with Gasteiger partial charge in [0.1, 0.15) is 5.84 Å². The van der Waals surface area contributed by atoms with Crippen molar-refractivity contribution in [1.29, 1.82) is 0 Å². The summed E-state index contributed by atoms with van der Waals surface area (Å²) in [6.07, 6.45) is 12.9. The monoisotopic (exact) mass is 299 g/mol. The van der Waals surface area contributed by atoms with E-state index in [0.717, 1.165) is 25.9 Å². The summed E-state index contributed by atoms with van der Waals surface area (Å²) in [6, 6.07) is 0. The Kier molecular flexibility index (Phi) is 12.5. The lowest BCUT2D eigenvalue weighted by atomic mass is 9.86. The van der Waals surface area contributed by atoms with Crippen molar-refractivity contribution in [3.63, 3.8) is 0 Å². The highest BCUT2D eigenvalue weighted by Gasteiger charge is 2.22. The van der Waals surface area contributed by atoms with E-state index in [4.69, 9.17) is 10.9 Å². The van der Waals surface area contributed by atoms with Gasteiger partial charge in [-0.15, -0.1) is 0 Å². The minimum atomic E-state index is -0.213. The number of nitrogens with zero attached hydrogens (tertiary/aromatic N) is 1. The quantitative estimate of drug-likeness (QED) is 0.147. The van der Waals surface area contributed by atoms with Crippen molar-refractivity contribution in [3.8, 4) is 0 Å². The molecule has 21 heavy (non-hydrogen) atoms. The molecule has 0 amide bonds. The predicted octanol–water partition coefficient (Wildman–Crippen LogP) is 4.27. The van der Waals surface area contributed by atoms with Crippen molar-refractivity contribution in [2.45, 2.75) is 85.0 Å². The first-order valence-electron chi connectivity index (χ1n) is 8.73. The number of nitrogens with one attached hydrogen (secondary N) is 1. The summed E-state index contributed by atoms with van der Waals surface area (Å²) in [7, 11) is 0. The maximum absolute atomic E-state index is 8.71. The maximum atomic E-state index is 8.71. The van der Waals surface area contributed by atoms with E-state index in [1.807, 2.05) is 13.8 Å². The molecule has 0 rings (SSSR count). The zero-order chi connectivity index (χ0) is 16.0. The van der Waals surface area contributed by atoms with Gasteiger partial charge < -0.3 is 16.3 Å². The van der Waals surface area contributed by atoms with Crippen LogP contribution in [0.15, 0.2) is 5.16 Å². The highest BCUT2D eigenvalue weighted by atomic mass is 16.4. The third-order valence-electron chi connectivity index (χ3n) is 4.16. The van der Waals surface area contributed by atoms with E-state index < -0.39 is 0 Å². The molecule has 4 nitrogen and oxygen atoms in total. The van der Waals surface area contributed by atoms with E-state index in [1.165, 1.54) is 51.4 Å². The van der Waals surface area contributed by atoms with Crippen LogP contribution in [0.25, 0.3) is 0 Å². The van der Waals surface area contributed by atoms with E-state index in [0.29, 0.717) is 5.84 Å². The van der Waals surface area contributed by atoms with Crippen LogP contribution in [0.3, 0.4) is 0 Å². The van der Waals surface area contributed by atoms with Gasteiger partial charge in [-0.1, -0.05) is 70.9 Å². The highest BCUT2D eigenvalue weighted by Crippen LogP contribution is 2.21. The molecule has 0 bridgehead atoms. The summed E-state index contributed by atoms with van der Waals surface area (Å²) in [4.78, 5) is 0. The van der Waals surface area contributed by atoms with Gasteiger partial charge in [-0.05, 0) is 32.4 Å². The number of rotatable bonds is 14. The molecule has 4 N–H and O–H groups in total. The summed E-state index contributed by atoms with van der Waals surface area (Å²) in [5, 5.41) is 15.3. The van der Waals surface area contributed by atoms with Crippen molar-refractivity contribution in [3.05, 3.63) is 0 Å². The predicted molar refractivity (Wildman–Crippen MR) is 91.9 cm³/mol. The van der Waals surface area contributed by atoms with Gasteiger partial charge in [0.2, 0.25) is 0 Å². The lowest BCUT2D eigenvalue weighted by molar-refractivity contribution is 0.304. The van der Waals surface area contributed by atoms with E-state index in [2.05, 4.69) is 17.4 Å². The minimum absolute atomic E-state index is 0.213. The molecule has 0 fully saturated rings. The van der Waals surface area contributed by atoms with Crippen LogP contribution >= 0.6 is 0 Å². The van der Waals surface area contributed by atoms with Crippen molar-refractivity contribution >= 4 is 5.84 Å². The molecule has 4 heteroatoms. The number of unbranched alkanes of at least 4 members (excludes halogenated alkanes) is 7. The molecule has 0 aromatic rings. The molecule has 0 aromatic carbocycles. The minimum Gasteiger partial charge on any atom is -0.409 e. The molecule has 0 aliphatic carbocycles. The molecule has 0 heterocycles. The van der Waals surface area contributed by atoms with Crippen molar-refractivity contribution in [1.82, 2.24) is 5.32 Å². The Morgan fingerprint density at radius 1 is 0.952 bits per heavy atom. The molecule has 0 aliphatic rings. The lowest BCUT2D eigenvalue weighted by Crippen LogP contribution is -2.32. The van der Waals surface area contributed by atoms with E-state index in [9.17, 15) is 0 Å². The fraction of sp³-hybridized carbons (Fsp3) is 0.941. The van der Waals surface area contributed by atoms with Gasteiger partial charge >= 0.3 is 0 Å².